The number of ether oxygens (including phenoxy) is 1. The summed E-state index contributed by atoms with van der Waals surface area (Å²) in [4.78, 5) is 23.9. The van der Waals surface area contributed by atoms with Gasteiger partial charge in [-0.15, -0.1) is 16.5 Å². The van der Waals surface area contributed by atoms with Crippen LogP contribution in [0, 0.1) is 10.1 Å². The number of non-ortho nitro benzene ring substituents is 1. The summed E-state index contributed by atoms with van der Waals surface area (Å²) in [5.74, 6) is 0. The zero-order chi connectivity index (χ0) is 16.9. The lowest BCUT2D eigenvalue weighted by Gasteiger charge is -2.27. The van der Waals surface area contributed by atoms with Gasteiger partial charge in [-0.3, -0.25) is 14.9 Å². The van der Waals surface area contributed by atoms with E-state index in [0.29, 0.717) is 29.5 Å². The van der Waals surface area contributed by atoms with Gasteiger partial charge < -0.3 is 9.64 Å². The van der Waals surface area contributed by atoms with Crippen molar-refractivity contribution in [3.63, 3.8) is 0 Å². The van der Waals surface area contributed by atoms with Gasteiger partial charge in [0, 0.05) is 25.2 Å². The third kappa shape index (κ3) is 3.63. The molecule has 0 atom stereocenters. The van der Waals surface area contributed by atoms with Gasteiger partial charge in [-0.05, 0) is 18.2 Å². The Labute approximate surface area is 141 Å². The molecule has 24 heavy (non-hydrogen) atoms. The second-order valence-electron chi connectivity index (χ2n) is 5.03. The van der Waals surface area contributed by atoms with Gasteiger partial charge in [0.15, 0.2) is 6.29 Å². The van der Waals surface area contributed by atoms with Gasteiger partial charge in [0.25, 0.3) is 5.69 Å². The monoisotopic (exact) mass is 346 g/mol. The van der Waals surface area contributed by atoms with Gasteiger partial charge in [-0.25, -0.2) is 0 Å². The number of benzene rings is 1. The van der Waals surface area contributed by atoms with Crippen molar-refractivity contribution in [2.45, 2.75) is 0 Å². The molecule has 9 heteroatoms. The van der Waals surface area contributed by atoms with Crippen LogP contribution in [0.3, 0.4) is 0 Å². The fourth-order valence-corrected chi connectivity index (χ4v) is 3.22. The Bertz CT molecular complexity index is 766. The number of morpholine rings is 1. The van der Waals surface area contributed by atoms with Crippen molar-refractivity contribution < 1.29 is 14.5 Å². The van der Waals surface area contributed by atoms with Gasteiger partial charge in [0.05, 0.1) is 28.7 Å². The highest BCUT2D eigenvalue weighted by atomic mass is 32.1. The fraction of sp³-hybridized carbons (Fsp3) is 0.267. The summed E-state index contributed by atoms with van der Waals surface area (Å²) in [5, 5.41) is 19.9. The molecule has 0 bridgehead atoms. The van der Waals surface area contributed by atoms with Gasteiger partial charge in [-0.1, -0.05) is 0 Å². The molecule has 0 amide bonds. The molecule has 0 N–H and O–H groups in total. The van der Waals surface area contributed by atoms with Crippen LogP contribution >= 0.6 is 11.3 Å². The third-order valence-electron chi connectivity index (χ3n) is 3.46. The highest BCUT2D eigenvalue weighted by Gasteiger charge is 2.18. The Morgan fingerprint density at radius 2 is 1.92 bits per heavy atom. The molecule has 2 aromatic rings. The molecule has 3 rings (SSSR count). The van der Waals surface area contributed by atoms with Crippen LogP contribution < -0.4 is 4.90 Å². The number of thiophene rings is 1. The number of rotatable bonds is 5. The minimum Gasteiger partial charge on any atom is -0.378 e. The van der Waals surface area contributed by atoms with Crippen molar-refractivity contribution in [3.8, 4) is 0 Å². The molecule has 0 spiro atoms. The predicted molar refractivity (Wildman–Crippen MR) is 90.0 cm³/mol. The van der Waals surface area contributed by atoms with E-state index in [2.05, 4.69) is 15.1 Å². The maximum absolute atomic E-state index is 11.1. The number of hydrogen-bond acceptors (Lipinski definition) is 8. The third-order valence-corrected chi connectivity index (χ3v) is 4.57. The van der Waals surface area contributed by atoms with Crippen molar-refractivity contribution >= 4 is 39.7 Å². The van der Waals surface area contributed by atoms with Crippen LogP contribution in [0.15, 0.2) is 40.6 Å². The number of nitro benzene ring substituents is 1. The topological polar surface area (TPSA) is 97.4 Å². The first kappa shape index (κ1) is 16.2. The average molecular weight is 346 g/mol. The van der Waals surface area contributed by atoms with E-state index in [1.807, 2.05) is 0 Å². The molecule has 8 nitrogen and oxygen atoms in total. The fourth-order valence-electron chi connectivity index (χ4n) is 2.27. The van der Waals surface area contributed by atoms with Gasteiger partial charge >= 0.3 is 0 Å². The molecule has 1 aromatic heterocycles. The van der Waals surface area contributed by atoms with E-state index in [1.54, 1.807) is 6.07 Å². The van der Waals surface area contributed by atoms with Crippen LogP contribution in [0.5, 0.6) is 0 Å². The lowest BCUT2D eigenvalue weighted by atomic mass is 10.3. The number of carbonyl (C=O) groups is 1. The van der Waals surface area contributed by atoms with E-state index in [4.69, 9.17) is 4.74 Å². The number of azo groups is 1. The van der Waals surface area contributed by atoms with E-state index in [9.17, 15) is 14.9 Å². The van der Waals surface area contributed by atoms with Crippen LogP contribution in [0.1, 0.15) is 9.67 Å². The van der Waals surface area contributed by atoms with Crippen molar-refractivity contribution in [1.82, 2.24) is 0 Å². The first-order valence-corrected chi connectivity index (χ1v) is 8.07. The standard InChI is InChI=1S/C15H14N4O4S/c20-10-13-9-14(15(24-13)18-5-7-23-8-6-18)17-16-11-1-3-12(4-2-11)19(21)22/h1-4,9-10H,5-8H2. The Morgan fingerprint density at radius 1 is 1.21 bits per heavy atom. The Morgan fingerprint density at radius 3 is 2.54 bits per heavy atom. The smallest absolute Gasteiger partial charge is 0.269 e. The van der Waals surface area contributed by atoms with E-state index in [0.717, 1.165) is 24.4 Å². The SMILES string of the molecule is O=Cc1cc(N=Nc2ccc([N+](=O)[O-])cc2)c(N2CCOCC2)s1. The van der Waals surface area contributed by atoms with E-state index in [-0.39, 0.29) is 5.69 Å². The predicted octanol–water partition coefficient (Wildman–Crippen LogP) is 3.72. The van der Waals surface area contributed by atoms with Crippen LogP contribution in [0.2, 0.25) is 0 Å². The highest BCUT2D eigenvalue weighted by molar-refractivity contribution is 7.18. The normalized spacial score (nSPS) is 14.9. The minimum absolute atomic E-state index is 0.00160. The summed E-state index contributed by atoms with van der Waals surface area (Å²) >= 11 is 1.37. The molecule has 0 aliphatic carbocycles. The molecule has 0 radical (unpaired) electrons. The maximum atomic E-state index is 11.1. The van der Waals surface area contributed by atoms with Crippen LogP contribution in [-0.4, -0.2) is 37.5 Å². The molecule has 0 saturated carbocycles. The van der Waals surface area contributed by atoms with Crippen molar-refractivity contribution in [3.05, 3.63) is 45.3 Å². The van der Waals surface area contributed by atoms with Crippen molar-refractivity contribution in [1.29, 1.82) is 0 Å². The molecule has 1 saturated heterocycles. The average Bonchev–Trinajstić information content (AvgIpc) is 3.04. The summed E-state index contributed by atoms with van der Waals surface area (Å²) in [5.41, 5.74) is 1.12. The molecule has 0 unspecified atom stereocenters. The summed E-state index contributed by atoms with van der Waals surface area (Å²) < 4.78 is 5.34. The quantitative estimate of drug-likeness (QED) is 0.356. The molecule has 1 aromatic carbocycles. The Hall–Kier alpha value is -2.65. The second-order valence-corrected chi connectivity index (χ2v) is 6.09. The largest absolute Gasteiger partial charge is 0.378 e. The summed E-state index contributed by atoms with van der Waals surface area (Å²) in [7, 11) is 0. The van der Waals surface area contributed by atoms with Crippen molar-refractivity contribution in [2.75, 3.05) is 31.2 Å². The number of nitrogens with zero attached hydrogens (tertiary/aromatic N) is 4. The maximum Gasteiger partial charge on any atom is 0.269 e. The zero-order valence-corrected chi connectivity index (χ0v) is 13.4. The van der Waals surface area contributed by atoms with Gasteiger partial charge in [-0.2, -0.15) is 5.11 Å². The number of carbonyl (C=O) groups excluding carboxylic acids is 1. The Kier molecular flexibility index (Phi) is 4.92. The van der Waals surface area contributed by atoms with E-state index >= 15 is 0 Å². The number of aldehydes is 1. The summed E-state index contributed by atoms with van der Waals surface area (Å²) in [6.07, 6.45) is 0.791. The molecule has 1 aliphatic rings. The number of hydrogen-bond donors (Lipinski definition) is 0. The van der Waals surface area contributed by atoms with Crippen LogP contribution in [-0.2, 0) is 4.74 Å². The van der Waals surface area contributed by atoms with E-state index < -0.39 is 4.92 Å². The van der Waals surface area contributed by atoms with Crippen molar-refractivity contribution in [2.24, 2.45) is 10.2 Å². The number of anilines is 1. The molecule has 1 aliphatic heterocycles. The highest BCUT2D eigenvalue weighted by Crippen LogP contribution is 2.38. The molecule has 2 heterocycles. The molecular formula is C15H14N4O4S. The molecular weight excluding hydrogens is 332 g/mol. The molecule has 124 valence electrons. The number of nitro groups is 1. The first-order chi connectivity index (χ1) is 11.7. The minimum atomic E-state index is -0.466. The van der Waals surface area contributed by atoms with Gasteiger partial charge in [0.2, 0.25) is 0 Å². The van der Waals surface area contributed by atoms with Gasteiger partial charge in [0.1, 0.15) is 10.7 Å². The molecule has 1 fully saturated rings. The first-order valence-electron chi connectivity index (χ1n) is 7.25. The zero-order valence-electron chi connectivity index (χ0n) is 12.6. The van der Waals surface area contributed by atoms with Crippen LogP contribution in [0.25, 0.3) is 0 Å². The lowest BCUT2D eigenvalue weighted by Crippen LogP contribution is -2.35. The Balaban J connectivity index is 1.84. The van der Waals surface area contributed by atoms with Crippen LogP contribution in [0.4, 0.5) is 22.1 Å². The summed E-state index contributed by atoms with van der Waals surface area (Å²) in [6.45, 7) is 2.73. The summed E-state index contributed by atoms with van der Waals surface area (Å²) in [6, 6.07) is 7.51. The second kappa shape index (κ2) is 7.28. The lowest BCUT2D eigenvalue weighted by molar-refractivity contribution is -0.384. The van der Waals surface area contributed by atoms with E-state index in [1.165, 1.54) is 35.6 Å².